The van der Waals surface area contributed by atoms with Gasteiger partial charge in [0.25, 0.3) is 17.3 Å². The summed E-state index contributed by atoms with van der Waals surface area (Å²) in [6, 6.07) is 5.47. The molecule has 9 nitrogen and oxygen atoms in total. The number of nitro groups is 1. The molecule has 0 spiro atoms. The fraction of sp³-hybridized carbons (Fsp3) is 0.154. The lowest BCUT2D eigenvalue weighted by Crippen LogP contribution is -2.23. The molecular weight excluding hydrogens is 292 g/mol. The van der Waals surface area contributed by atoms with Crippen LogP contribution in [0.4, 0.5) is 11.4 Å². The van der Waals surface area contributed by atoms with E-state index in [1.54, 1.807) is 6.92 Å². The minimum absolute atomic E-state index is 0.0232. The Kier molecular flexibility index (Phi) is 4.47. The molecule has 0 saturated carbocycles. The third-order valence-corrected chi connectivity index (χ3v) is 2.70. The molecule has 0 aliphatic carbocycles. The first-order valence-corrected chi connectivity index (χ1v) is 6.35. The van der Waals surface area contributed by atoms with Gasteiger partial charge in [-0.15, -0.1) is 0 Å². The molecule has 1 aromatic heterocycles. The second-order valence-electron chi connectivity index (χ2n) is 4.17. The van der Waals surface area contributed by atoms with Crippen molar-refractivity contribution in [3.8, 4) is 0 Å². The molecule has 0 bridgehead atoms. The first kappa shape index (κ1) is 15.2. The number of hydrogen-bond donors (Lipinski definition) is 2. The highest BCUT2D eigenvalue weighted by Gasteiger charge is 2.27. The summed E-state index contributed by atoms with van der Waals surface area (Å²) in [6.07, 6.45) is 1.31. The van der Waals surface area contributed by atoms with Gasteiger partial charge in [-0.25, -0.2) is 14.8 Å². The zero-order valence-corrected chi connectivity index (χ0v) is 11.6. The Balaban J connectivity index is 2.20. The monoisotopic (exact) mass is 305 g/mol. The summed E-state index contributed by atoms with van der Waals surface area (Å²) in [4.78, 5) is 39.2. The van der Waals surface area contributed by atoms with Crippen molar-refractivity contribution >= 4 is 23.3 Å². The quantitative estimate of drug-likeness (QED) is 0.486. The lowest BCUT2D eigenvalue weighted by Gasteiger charge is -2.03. The highest BCUT2D eigenvalue weighted by Crippen LogP contribution is 2.17. The Morgan fingerprint density at radius 2 is 2.23 bits per heavy atom. The van der Waals surface area contributed by atoms with Crippen molar-refractivity contribution in [3.05, 3.63) is 52.1 Å². The van der Waals surface area contributed by atoms with Gasteiger partial charge in [0.2, 0.25) is 12.0 Å². The number of aromatic nitrogens is 2. The predicted octanol–water partition coefficient (Wildman–Crippen LogP) is 1.17. The van der Waals surface area contributed by atoms with E-state index in [9.17, 15) is 19.7 Å². The van der Waals surface area contributed by atoms with Crippen molar-refractivity contribution in [1.29, 1.82) is 0 Å². The van der Waals surface area contributed by atoms with Crippen molar-refractivity contribution < 1.29 is 24.2 Å². The van der Waals surface area contributed by atoms with E-state index in [-0.39, 0.29) is 29.4 Å². The number of nitro benzene ring substituents is 1. The van der Waals surface area contributed by atoms with Crippen LogP contribution in [0.1, 0.15) is 27.9 Å². The van der Waals surface area contributed by atoms with Gasteiger partial charge in [-0.1, -0.05) is 6.07 Å². The number of aromatic amines is 2. The van der Waals surface area contributed by atoms with Crippen LogP contribution in [0, 0.1) is 10.1 Å². The van der Waals surface area contributed by atoms with Gasteiger partial charge < -0.3 is 10.1 Å². The predicted molar refractivity (Wildman–Crippen MR) is 74.4 cm³/mol. The Hall–Kier alpha value is -3.23. The fourth-order valence-corrected chi connectivity index (χ4v) is 1.76. The van der Waals surface area contributed by atoms with Gasteiger partial charge >= 0.3 is 5.97 Å². The molecule has 0 unspecified atom stereocenters. The zero-order chi connectivity index (χ0) is 16.1. The van der Waals surface area contributed by atoms with Gasteiger partial charge in [0.15, 0.2) is 0 Å². The maximum atomic E-state index is 12.1. The third-order valence-electron chi connectivity index (χ3n) is 2.70. The van der Waals surface area contributed by atoms with Crippen molar-refractivity contribution in [2.45, 2.75) is 6.92 Å². The molecule has 0 radical (unpaired) electrons. The second-order valence-corrected chi connectivity index (χ2v) is 4.17. The highest BCUT2D eigenvalue weighted by molar-refractivity contribution is 6.07. The van der Waals surface area contributed by atoms with Crippen LogP contribution in [-0.4, -0.2) is 28.4 Å². The number of anilines is 1. The van der Waals surface area contributed by atoms with Crippen LogP contribution < -0.4 is 10.3 Å². The summed E-state index contributed by atoms with van der Waals surface area (Å²) in [7, 11) is 0. The van der Waals surface area contributed by atoms with E-state index in [0.29, 0.717) is 0 Å². The number of nitrogens with one attached hydrogen (secondary N) is 3. The Morgan fingerprint density at radius 3 is 2.91 bits per heavy atom. The van der Waals surface area contributed by atoms with Gasteiger partial charge in [0, 0.05) is 17.8 Å². The Morgan fingerprint density at radius 1 is 1.45 bits per heavy atom. The highest BCUT2D eigenvalue weighted by atomic mass is 16.6. The maximum Gasteiger partial charge on any atom is 0.383 e. The van der Waals surface area contributed by atoms with Crippen molar-refractivity contribution in [1.82, 2.24) is 4.98 Å². The van der Waals surface area contributed by atoms with Crippen LogP contribution in [-0.2, 0) is 4.74 Å². The molecule has 3 N–H and O–H groups in total. The number of non-ortho nitro benzene ring substituents is 1. The molecular formula is C13H13N4O5+. The summed E-state index contributed by atoms with van der Waals surface area (Å²) < 4.78 is 4.82. The van der Waals surface area contributed by atoms with Gasteiger partial charge in [0.05, 0.1) is 11.5 Å². The molecule has 1 heterocycles. The largest absolute Gasteiger partial charge is 0.460 e. The average molecular weight is 305 g/mol. The third kappa shape index (κ3) is 3.26. The van der Waals surface area contributed by atoms with Crippen molar-refractivity contribution in [3.63, 3.8) is 0 Å². The molecule has 0 saturated heterocycles. The van der Waals surface area contributed by atoms with Gasteiger partial charge in [0.1, 0.15) is 0 Å². The number of ether oxygens (including phenoxy) is 1. The SMILES string of the molecule is CCOC(=O)c1[nH]c[nH+]c1C(=O)Nc1cccc([N+](=O)[O-])c1. The number of carbonyl (C=O) groups excluding carboxylic acids is 2. The molecule has 0 aliphatic rings. The number of H-pyrrole nitrogens is 2. The molecule has 1 amide bonds. The normalized spacial score (nSPS) is 10.0. The number of amides is 1. The van der Waals surface area contributed by atoms with E-state index < -0.39 is 16.8 Å². The number of rotatable bonds is 5. The molecule has 0 atom stereocenters. The molecule has 0 fully saturated rings. The fourth-order valence-electron chi connectivity index (χ4n) is 1.76. The second kappa shape index (κ2) is 6.48. The molecule has 114 valence electrons. The van der Waals surface area contributed by atoms with Crippen LogP contribution in [0.25, 0.3) is 0 Å². The van der Waals surface area contributed by atoms with E-state index in [1.165, 1.54) is 30.6 Å². The van der Waals surface area contributed by atoms with Gasteiger partial charge in [-0.3, -0.25) is 14.9 Å². The minimum atomic E-state index is -0.673. The van der Waals surface area contributed by atoms with E-state index in [0.717, 1.165) is 0 Å². The summed E-state index contributed by atoms with van der Waals surface area (Å²) in [5.74, 6) is -1.29. The number of hydrogen-bond acceptors (Lipinski definition) is 5. The Labute approximate surface area is 124 Å². The van der Waals surface area contributed by atoms with E-state index in [2.05, 4.69) is 15.3 Å². The number of nitrogens with zero attached hydrogens (tertiary/aromatic N) is 1. The number of esters is 1. The summed E-state index contributed by atoms with van der Waals surface area (Å²) in [6.45, 7) is 1.82. The van der Waals surface area contributed by atoms with E-state index in [4.69, 9.17) is 4.74 Å². The minimum Gasteiger partial charge on any atom is -0.460 e. The Bertz CT molecular complexity index is 725. The summed E-state index contributed by atoms with van der Waals surface area (Å²) >= 11 is 0. The number of imidazole rings is 1. The number of carbonyl (C=O) groups is 2. The van der Waals surface area contributed by atoms with Crippen LogP contribution >= 0.6 is 0 Å². The molecule has 9 heteroatoms. The first-order chi connectivity index (χ1) is 10.5. The van der Waals surface area contributed by atoms with Crippen LogP contribution in [0.2, 0.25) is 0 Å². The van der Waals surface area contributed by atoms with Crippen LogP contribution in [0.15, 0.2) is 30.6 Å². The van der Waals surface area contributed by atoms with E-state index >= 15 is 0 Å². The van der Waals surface area contributed by atoms with Crippen LogP contribution in [0.5, 0.6) is 0 Å². The molecule has 22 heavy (non-hydrogen) atoms. The molecule has 2 rings (SSSR count). The first-order valence-electron chi connectivity index (χ1n) is 6.35. The van der Waals surface area contributed by atoms with Gasteiger partial charge in [-0.05, 0) is 13.0 Å². The molecule has 0 aliphatic heterocycles. The average Bonchev–Trinajstić information content (AvgIpc) is 2.97. The van der Waals surface area contributed by atoms with Crippen LogP contribution in [0.3, 0.4) is 0 Å². The smallest absolute Gasteiger partial charge is 0.383 e. The number of benzene rings is 1. The summed E-state index contributed by atoms with van der Waals surface area (Å²) in [5.41, 5.74) is 0.0415. The summed E-state index contributed by atoms with van der Waals surface area (Å²) in [5, 5.41) is 13.2. The zero-order valence-electron chi connectivity index (χ0n) is 11.6. The lowest BCUT2D eigenvalue weighted by molar-refractivity contribution is -0.384. The van der Waals surface area contributed by atoms with E-state index in [1.807, 2.05) is 0 Å². The molecule has 2 aromatic rings. The molecule has 1 aromatic carbocycles. The van der Waals surface area contributed by atoms with Crippen molar-refractivity contribution in [2.24, 2.45) is 0 Å². The van der Waals surface area contributed by atoms with Gasteiger partial charge in [-0.2, -0.15) is 0 Å². The standard InChI is InChI=1S/C13H12N4O5/c1-2-22-13(19)11-10(14-7-15-11)12(18)16-8-4-3-5-9(6-8)17(20)21/h3-7H,2H2,1H3,(H,14,15)(H,16,18)/p+1. The van der Waals surface area contributed by atoms with Crippen molar-refractivity contribution in [2.75, 3.05) is 11.9 Å². The lowest BCUT2D eigenvalue weighted by atomic mass is 10.2. The topological polar surface area (TPSA) is 128 Å². The maximum absolute atomic E-state index is 12.1.